The number of hydrogen-bond donors (Lipinski definition) is 1. The van der Waals surface area contributed by atoms with Crippen molar-refractivity contribution in [3.8, 4) is 34.1 Å². The number of hydrogen-bond acceptors (Lipinski definition) is 6. The molecule has 0 spiro atoms. The van der Waals surface area contributed by atoms with Crippen molar-refractivity contribution in [1.29, 1.82) is 0 Å². The number of aryl methyl sites for hydroxylation is 1. The number of carbonyl (C=O) groups is 1. The van der Waals surface area contributed by atoms with Crippen molar-refractivity contribution >= 4 is 5.91 Å². The molecule has 3 rings (SSSR count). The molecule has 2 aromatic rings. The first-order chi connectivity index (χ1) is 15.4. The fourth-order valence-corrected chi connectivity index (χ4v) is 4.57. The zero-order valence-electron chi connectivity index (χ0n) is 19.6. The maximum absolute atomic E-state index is 13.4. The van der Waals surface area contributed by atoms with Gasteiger partial charge in [-0.3, -0.25) is 9.59 Å². The lowest BCUT2D eigenvalue weighted by Gasteiger charge is -2.21. The molecule has 0 aromatic heterocycles. The maximum atomic E-state index is 13.4. The minimum atomic E-state index is -0.331. The smallest absolute Gasteiger partial charge is 0.223 e. The minimum absolute atomic E-state index is 0.151. The summed E-state index contributed by atoms with van der Waals surface area (Å²) >= 11 is 0. The first-order valence-electron chi connectivity index (χ1n) is 10.7. The van der Waals surface area contributed by atoms with Crippen LogP contribution in [0.1, 0.15) is 49.4 Å². The van der Waals surface area contributed by atoms with E-state index in [0.717, 1.165) is 28.7 Å². The Balaban J connectivity index is 2.52. The Morgan fingerprint density at radius 1 is 1.03 bits per heavy atom. The highest BCUT2D eigenvalue weighted by Crippen LogP contribution is 2.50. The van der Waals surface area contributed by atoms with Crippen LogP contribution in [0.2, 0.25) is 0 Å². The van der Waals surface area contributed by atoms with Gasteiger partial charge < -0.3 is 24.3 Å². The summed E-state index contributed by atoms with van der Waals surface area (Å²) in [5.41, 5.74) is 3.94. The Kier molecular flexibility index (Phi) is 7.28. The van der Waals surface area contributed by atoms with E-state index in [1.54, 1.807) is 27.4 Å². The number of benzene rings is 1. The molecule has 1 atom stereocenters. The predicted molar refractivity (Wildman–Crippen MR) is 123 cm³/mol. The van der Waals surface area contributed by atoms with Crippen molar-refractivity contribution in [1.82, 2.24) is 5.32 Å². The van der Waals surface area contributed by atoms with E-state index in [-0.39, 0.29) is 23.1 Å². The molecule has 0 radical (unpaired) electrons. The Labute approximate surface area is 188 Å². The third kappa shape index (κ3) is 4.11. The van der Waals surface area contributed by atoms with Crippen LogP contribution in [0.5, 0.6) is 23.0 Å². The fourth-order valence-electron chi connectivity index (χ4n) is 4.57. The van der Waals surface area contributed by atoms with Crippen molar-refractivity contribution in [2.45, 2.75) is 45.6 Å². The summed E-state index contributed by atoms with van der Waals surface area (Å²) in [5.74, 6) is 1.70. The van der Waals surface area contributed by atoms with Crippen LogP contribution in [0.15, 0.2) is 23.0 Å². The first kappa shape index (κ1) is 23.4. The molecule has 0 aliphatic heterocycles. The molecule has 0 fully saturated rings. The molecule has 7 heteroatoms. The van der Waals surface area contributed by atoms with Crippen molar-refractivity contribution < 1.29 is 23.7 Å². The zero-order chi connectivity index (χ0) is 23.4. The molecule has 1 aliphatic carbocycles. The number of fused-ring (bicyclic) bond motifs is 3. The van der Waals surface area contributed by atoms with E-state index in [2.05, 4.69) is 5.32 Å². The topological polar surface area (TPSA) is 83.1 Å². The molecule has 1 unspecified atom stereocenters. The molecular formula is C25H31NO6. The molecule has 0 bridgehead atoms. The van der Waals surface area contributed by atoms with Crippen LogP contribution in [-0.2, 0) is 17.6 Å². The molecule has 0 saturated carbocycles. The third-order valence-corrected chi connectivity index (χ3v) is 5.84. The van der Waals surface area contributed by atoms with Crippen LogP contribution in [-0.4, -0.2) is 34.3 Å². The van der Waals surface area contributed by atoms with E-state index in [4.69, 9.17) is 18.9 Å². The lowest BCUT2D eigenvalue weighted by Crippen LogP contribution is -2.28. The van der Waals surface area contributed by atoms with Gasteiger partial charge in [0.15, 0.2) is 17.2 Å². The normalized spacial score (nSPS) is 14.5. The van der Waals surface area contributed by atoms with Crippen LogP contribution >= 0.6 is 0 Å². The summed E-state index contributed by atoms with van der Waals surface area (Å²) in [5, 5.41) is 3.06. The maximum Gasteiger partial charge on any atom is 0.223 e. The summed E-state index contributed by atoms with van der Waals surface area (Å²) < 4.78 is 22.4. The summed E-state index contributed by atoms with van der Waals surface area (Å²) in [6.45, 7) is 3.52. The number of nitrogens with one attached hydrogen (secondary N) is 1. The highest BCUT2D eigenvalue weighted by Gasteiger charge is 2.31. The van der Waals surface area contributed by atoms with Crippen molar-refractivity contribution in [2.75, 3.05) is 28.4 Å². The average molecular weight is 442 g/mol. The molecule has 32 heavy (non-hydrogen) atoms. The fraction of sp³-hybridized carbons (Fsp3) is 0.440. The first-order valence-corrected chi connectivity index (χ1v) is 10.7. The number of rotatable bonds is 7. The number of carbonyl (C=O) groups excluding carboxylic acids is 1. The van der Waals surface area contributed by atoms with E-state index >= 15 is 0 Å². The van der Waals surface area contributed by atoms with Crippen molar-refractivity contribution in [3.63, 3.8) is 0 Å². The summed E-state index contributed by atoms with van der Waals surface area (Å²) in [4.78, 5) is 25.5. The van der Waals surface area contributed by atoms with Crippen LogP contribution < -0.4 is 29.7 Å². The van der Waals surface area contributed by atoms with Gasteiger partial charge in [0.1, 0.15) is 0 Å². The van der Waals surface area contributed by atoms with Gasteiger partial charge in [0.2, 0.25) is 17.1 Å². The van der Waals surface area contributed by atoms with Gasteiger partial charge in [-0.2, -0.15) is 0 Å². The van der Waals surface area contributed by atoms with Crippen LogP contribution in [0.25, 0.3) is 11.1 Å². The molecule has 1 N–H and O–H groups in total. The van der Waals surface area contributed by atoms with Gasteiger partial charge in [0.05, 0.1) is 34.5 Å². The molecule has 1 aliphatic rings. The lowest BCUT2D eigenvalue weighted by atomic mass is 9.91. The summed E-state index contributed by atoms with van der Waals surface area (Å²) in [6, 6.07) is 5.18. The van der Waals surface area contributed by atoms with Crippen LogP contribution in [0.4, 0.5) is 0 Å². The molecule has 1 amide bonds. The molecule has 2 aromatic carbocycles. The van der Waals surface area contributed by atoms with Gasteiger partial charge in [0.25, 0.3) is 0 Å². The Bertz CT molecular complexity index is 1080. The van der Waals surface area contributed by atoms with E-state index in [9.17, 15) is 9.59 Å². The second kappa shape index (κ2) is 9.94. The highest BCUT2D eigenvalue weighted by atomic mass is 16.5. The van der Waals surface area contributed by atoms with Gasteiger partial charge in [-0.1, -0.05) is 19.4 Å². The molecular weight excluding hydrogens is 410 g/mol. The standard InChI is InChI=1S/C25H31NO6/c1-7-8-17-22-16(10-12-19(29-3)23(17)28)21-15(9-11-18(22)26-14(2)27)13-20(30-4)24(31-5)25(21)32-6/h10,12-13,18H,7-9,11H2,1-6H3,(H,26,27). The van der Waals surface area contributed by atoms with Gasteiger partial charge in [-0.15, -0.1) is 0 Å². The lowest BCUT2D eigenvalue weighted by molar-refractivity contribution is -0.119. The molecule has 0 heterocycles. The minimum Gasteiger partial charge on any atom is -0.493 e. The van der Waals surface area contributed by atoms with Crippen LogP contribution in [0.3, 0.4) is 0 Å². The predicted octanol–water partition coefficient (Wildman–Crippen LogP) is 3.82. The largest absolute Gasteiger partial charge is 0.493 e. The van der Waals surface area contributed by atoms with Crippen LogP contribution in [0, 0.1) is 0 Å². The van der Waals surface area contributed by atoms with Gasteiger partial charge >= 0.3 is 0 Å². The van der Waals surface area contributed by atoms with Crippen molar-refractivity contribution in [3.05, 3.63) is 45.1 Å². The third-order valence-electron chi connectivity index (χ3n) is 5.84. The quantitative estimate of drug-likeness (QED) is 0.703. The highest BCUT2D eigenvalue weighted by molar-refractivity contribution is 5.84. The second-order valence-corrected chi connectivity index (χ2v) is 7.76. The zero-order valence-corrected chi connectivity index (χ0v) is 19.6. The van der Waals surface area contributed by atoms with Gasteiger partial charge in [0, 0.05) is 18.1 Å². The second-order valence-electron chi connectivity index (χ2n) is 7.76. The van der Waals surface area contributed by atoms with Gasteiger partial charge in [-0.25, -0.2) is 0 Å². The molecule has 172 valence electrons. The Hall–Kier alpha value is -3.22. The number of amides is 1. The monoisotopic (exact) mass is 441 g/mol. The molecule has 7 nitrogen and oxygen atoms in total. The Morgan fingerprint density at radius 3 is 2.28 bits per heavy atom. The number of ether oxygens (including phenoxy) is 4. The summed E-state index contributed by atoms with van der Waals surface area (Å²) in [6.07, 6.45) is 2.62. The average Bonchev–Trinajstić information content (AvgIpc) is 3.01. The van der Waals surface area contributed by atoms with E-state index < -0.39 is 0 Å². The van der Waals surface area contributed by atoms with Crippen molar-refractivity contribution in [2.24, 2.45) is 0 Å². The summed E-state index contributed by atoms with van der Waals surface area (Å²) in [7, 11) is 6.23. The SMILES string of the molecule is CCCc1c2c(ccc(OC)c1=O)-c1c(cc(OC)c(OC)c1OC)CCC2NC(C)=O. The Morgan fingerprint density at radius 2 is 1.72 bits per heavy atom. The number of methoxy groups -OCH3 is 4. The van der Waals surface area contributed by atoms with E-state index in [0.29, 0.717) is 42.1 Å². The van der Waals surface area contributed by atoms with E-state index in [1.165, 1.54) is 14.0 Å². The van der Waals surface area contributed by atoms with Gasteiger partial charge in [-0.05, 0) is 48.1 Å². The molecule has 0 saturated heterocycles. The van der Waals surface area contributed by atoms with E-state index in [1.807, 2.05) is 19.1 Å².